The molecule has 0 aliphatic heterocycles. The lowest BCUT2D eigenvalue weighted by molar-refractivity contribution is 0.0948. The van der Waals surface area contributed by atoms with Gasteiger partial charge in [-0.15, -0.1) is 0 Å². The number of hydrogen-bond acceptors (Lipinski definition) is 3. The van der Waals surface area contributed by atoms with E-state index in [4.69, 9.17) is 9.15 Å². The quantitative estimate of drug-likeness (QED) is 0.744. The molecule has 1 aromatic heterocycles. The van der Waals surface area contributed by atoms with Gasteiger partial charge in [-0.3, -0.25) is 4.79 Å². The van der Waals surface area contributed by atoms with Crippen molar-refractivity contribution in [1.82, 2.24) is 5.32 Å². The number of amides is 1. The maximum Gasteiger partial charge on any atom is 0.251 e. The van der Waals surface area contributed by atoms with E-state index in [0.717, 1.165) is 22.6 Å². The Bertz CT molecular complexity index is 792. The lowest BCUT2D eigenvalue weighted by Crippen LogP contribution is -2.22. The third kappa shape index (κ3) is 4.26. The minimum absolute atomic E-state index is 0.127. The zero-order chi connectivity index (χ0) is 16.8. The van der Waals surface area contributed by atoms with Gasteiger partial charge >= 0.3 is 0 Å². The molecule has 0 atom stereocenters. The van der Waals surface area contributed by atoms with Gasteiger partial charge in [0.1, 0.15) is 18.1 Å². The Morgan fingerprint density at radius 3 is 2.62 bits per heavy atom. The molecule has 3 rings (SSSR count). The van der Waals surface area contributed by atoms with Gasteiger partial charge in [0.05, 0.1) is 12.8 Å². The smallest absolute Gasteiger partial charge is 0.251 e. The SMILES string of the molecule is Cc1cccc(OCc2ccc(C(=O)NCc3ccco3)cc2)c1. The average Bonchev–Trinajstić information content (AvgIpc) is 3.12. The summed E-state index contributed by atoms with van der Waals surface area (Å²) >= 11 is 0. The summed E-state index contributed by atoms with van der Waals surface area (Å²) in [7, 11) is 0. The van der Waals surface area contributed by atoms with Gasteiger partial charge in [-0.05, 0) is 54.4 Å². The minimum atomic E-state index is -0.127. The molecule has 2 aromatic carbocycles. The number of nitrogens with one attached hydrogen (secondary N) is 1. The molecule has 122 valence electrons. The van der Waals surface area contributed by atoms with Crippen molar-refractivity contribution in [1.29, 1.82) is 0 Å². The molecular weight excluding hydrogens is 302 g/mol. The molecule has 0 fully saturated rings. The van der Waals surface area contributed by atoms with Crippen LogP contribution in [0.5, 0.6) is 5.75 Å². The summed E-state index contributed by atoms with van der Waals surface area (Å²) in [4.78, 5) is 12.1. The molecule has 4 heteroatoms. The van der Waals surface area contributed by atoms with Crippen molar-refractivity contribution < 1.29 is 13.9 Å². The first-order valence-corrected chi connectivity index (χ1v) is 7.80. The summed E-state index contributed by atoms with van der Waals surface area (Å²) in [6.07, 6.45) is 1.59. The second kappa shape index (κ2) is 7.51. The maximum absolute atomic E-state index is 12.1. The number of aryl methyl sites for hydroxylation is 1. The predicted octanol–water partition coefficient (Wildman–Crippen LogP) is 4.10. The molecule has 1 amide bonds. The second-order valence-corrected chi connectivity index (χ2v) is 5.56. The van der Waals surface area contributed by atoms with Crippen LogP contribution in [0.3, 0.4) is 0 Å². The molecule has 1 heterocycles. The Hall–Kier alpha value is -3.01. The number of ether oxygens (including phenoxy) is 1. The number of hydrogen-bond donors (Lipinski definition) is 1. The van der Waals surface area contributed by atoms with E-state index in [1.807, 2.05) is 49.4 Å². The molecule has 0 bridgehead atoms. The van der Waals surface area contributed by atoms with E-state index in [2.05, 4.69) is 5.32 Å². The molecule has 0 aliphatic rings. The summed E-state index contributed by atoms with van der Waals surface area (Å²) in [6, 6.07) is 18.9. The van der Waals surface area contributed by atoms with E-state index >= 15 is 0 Å². The Balaban J connectivity index is 1.53. The summed E-state index contributed by atoms with van der Waals surface area (Å²) in [5, 5.41) is 2.82. The maximum atomic E-state index is 12.1. The molecule has 0 aliphatic carbocycles. The van der Waals surface area contributed by atoms with Crippen LogP contribution in [0, 0.1) is 6.92 Å². The van der Waals surface area contributed by atoms with Gasteiger partial charge < -0.3 is 14.5 Å². The van der Waals surface area contributed by atoms with E-state index in [0.29, 0.717) is 18.7 Å². The molecule has 0 saturated carbocycles. The van der Waals surface area contributed by atoms with Crippen LogP contribution in [0.2, 0.25) is 0 Å². The molecular formula is C20H19NO3. The van der Waals surface area contributed by atoms with Crippen LogP contribution >= 0.6 is 0 Å². The molecule has 0 saturated heterocycles. The fourth-order valence-corrected chi connectivity index (χ4v) is 2.31. The number of rotatable bonds is 6. The topological polar surface area (TPSA) is 51.5 Å². The molecule has 4 nitrogen and oxygen atoms in total. The number of furan rings is 1. The average molecular weight is 321 g/mol. The molecule has 3 aromatic rings. The summed E-state index contributed by atoms with van der Waals surface area (Å²) in [5.41, 5.74) is 2.79. The number of benzene rings is 2. The van der Waals surface area contributed by atoms with Gasteiger partial charge in [0.25, 0.3) is 5.91 Å². The van der Waals surface area contributed by atoms with Crippen LogP contribution in [0.4, 0.5) is 0 Å². The molecule has 24 heavy (non-hydrogen) atoms. The third-order valence-corrected chi connectivity index (χ3v) is 3.61. The van der Waals surface area contributed by atoms with Crippen molar-refractivity contribution in [2.24, 2.45) is 0 Å². The normalized spacial score (nSPS) is 10.4. The van der Waals surface area contributed by atoms with E-state index in [9.17, 15) is 4.79 Å². The number of carbonyl (C=O) groups excluding carboxylic acids is 1. The molecule has 0 unspecified atom stereocenters. The number of carbonyl (C=O) groups is 1. The zero-order valence-corrected chi connectivity index (χ0v) is 13.5. The highest BCUT2D eigenvalue weighted by molar-refractivity contribution is 5.94. The Morgan fingerprint density at radius 2 is 1.92 bits per heavy atom. The van der Waals surface area contributed by atoms with Crippen LogP contribution in [-0.4, -0.2) is 5.91 Å². The highest BCUT2D eigenvalue weighted by Crippen LogP contribution is 2.15. The fraction of sp³-hybridized carbons (Fsp3) is 0.150. The molecule has 0 radical (unpaired) electrons. The van der Waals surface area contributed by atoms with Gasteiger partial charge in [-0.2, -0.15) is 0 Å². The first kappa shape index (κ1) is 15.9. The second-order valence-electron chi connectivity index (χ2n) is 5.56. The Morgan fingerprint density at radius 1 is 1.08 bits per heavy atom. The van der Waals surface area contributed by atoms with Crippen molar-refractivity contribution in [3.05, 3.63) is 89.4 Å². The first-order chi connectivity index (χ1) is 11.7. The Labute approximate surface area is 141 Å². The van der Waals surface area contributed by atoms with Crippen molar-refractivity contribution in [2.45, 2.75) is 20.1 Å². The lowest BCUT2D eigenvalue weighted by Gasteiger charge is -2.08. The standard InChI is InChI=1S/C20H19NO3/c1-15-4-2-5-18(12-15)24-14-16-7-9-17(10-8-16)20(22)21-13-19-6-3-11-23-19/h2-12H,13-14H2,1H3,(H,21,22). The van der Waals surface area contributed by atoms with Crippen molar-refractivity contribution in [2.75, 3.05) is 0 Å². The van der Waals surface area contributed by atoms with Crippen LogP contribution in [-0.2, 0) is 13.2 Å². The van der Waals surface area contributed by atoms with Gasteiger partial charge in [0.15, 0.2) is 0 Å². The Kier molecular flexibility index (Phi) is 4.96. The van der Waals surface area contributed by atoms with E-state index in [-0.39, 0.29) is 5.91 Å². The van der Waals surface area contributed by atoms with Crippen molar-refractivity contribution in [3.63, 3.8) is 0 Å². The first-order valence-electron chi connectivity index (χ1n) is 7.80. The van der Waals surface area contributed by atoms with Gasteiger partial charge in [0.2, 0.25) is 0 Å². The highest BCUT2D eigenvalue weighted by Gasteiger charge is 2.06. The van der Waals surface area contributed by atoms with E-state index < -0.39 is 0 Å². The van der Waals surface area contributed by atoms with Crippen LogP contribution in [0.25, 0.3) is 0 Å². The largest absolute Gasteiger partial charge is 0.489 e. The van der Waals surface area contributed by atoms with Crippen LogP contribution in [0.1, 0.15) is 27.2 Å². The van der Waals surface area contributed by atoms with E-state index in [1.165, 1.54) is 0 Å². The zero-order valence-electron chi connectivity index (χ0n) is 13.5. The third-order valence-electron chi connectivity index (χ3n) is 3.61. The van der Waals surface area contributed by atoms with Crippen LogP contribution < -0.4 is 10.1 Å². The monoisotopic (exact) mass is 321 g/mol. The summed E-state index contributed by atoms with van der Waals surface area (Å²) in [5.74, 6) is 1.44. The van der Waals surface area contributed by atoms with Crippen molar-refractivity contribution >= 4 is 5.91 Å². The van der Waals surface area contributed by atoms with Crippen molar-refractivity contribution in [3.8, 4) is 5.75 Å². The van der Waals surface area contributed by atoms with Gasteiger partial charge in [0, 0.05) is 5.56 Å². The van der Waals surface area contributed by atoms with Gasteiger partial charge in [-0.1, -0.05) is 24.3 Å². The van der Waals surface area contributed by atoms with Crippen LogP contribution in [0.15, 0.2) is 71.3 Å². The molecule has 1 N–H and O–H groups in total. The molecule has 0 spiro atoms. The van der Waals surface area contributed by atoms with Gasteiger partial charge in [-0.25, -0.2) is 0 Å². The highest BCUT2D eigenvalue weighted by atomic mass is 16.5. The lowest BCUT2D eigenvalue weighted by atomic mass is 10.1. The summed E-state index contributed by atoms with van der Waals surface area (Å²) < 4.78 is 10.9. The predicted molar refractivity (Wildman–Crippen MR) is 91.8 cm³/mol. The fourth-order valence-electron chi connectivity index (χ4n) is 2.31. The van der Waals surface area contributed by atoms with E-state index in [1.54, 1.807) is 24.5 Å². The minimum Gasteiger partial charge on any atom is -0.489 e. The summed E-state index contributed by atoms with van der Waals surface area (Å²) in [6.45, 7) is 2.88.